The predicted octanol–water partition coefficient (Wildman–Crippen LogP) is 4.67. The minimum Gasteiger partial charge on any atom is -0.497 e. The predicted molar refractivity (Wildman–Crippen MR) is 148 cm³/mol. The van der Waals surface area contributed by atoms with Crippen LogP contribution in [0.15, 0.2) is 77.7 Å². The van der Waals surface area contributed by atoms with Crippen molar-refractivity contribution in [3.63, 3.8) is 0 Å². The van der Waals surface area contributed by atoms with Gasteiger partial charge in [-0.2, -0.15) is 0 Å². The zero-order chi connectivity index (χ0) is 26.6. The van der Waals surface area contributed by atoms with Crippen molar-refractivity contribution in [1.29, 1.82) is 0 Å². The molecule has 7 nitrogen and oxygen atoms in total. The Kier molecular flexibility index (Phi) is 8.07. The highest BCUT2D eigenvalue weighted by Crippen LogP contribution is 2.27. The van der Waals surface area contributed by atoms with Gasteiger partial charge in [-0.3, -0.25) is 9.10 Å². The molecule has 3 aromatic rings. The second-order valence-corrected chi connectivity index (χ2v) is 11.5. The minimum atomic E-state index is -3.93. The van der Waals surface area contributed by atoms with Crippen LogP contribution in [0.25, 0.3) is 0 Å². The fourth-order valence-electron chi connectivity index (χ4n) is 4.41. The highest BCUT2D eigenvalue weighted by Gasteiger charge is 2.30. The molecule has 1 aliphatic heterocycles. The lowest BCUT2D eigenvalue weighted by Gasteiger charge is -2.37. The summed E-state index contributed by atoms with van der Waals surface area (Å²) in [7, 11) is -2.30. The van der Waals surface area contributed by atoms with Crippen molar-refractivity contribution in [3.8, 4) is 5.75 Å². The first-order chi connectivity index (χ1) is 17.7. The van der Waals surface area contributed by atoms with Crippen molar-refractivity contribution in [2.75, 3.05) is 49.0 Å². The monoisotopic (exact) mass is 521 g/mol. The number of anilines is 2. The van der Waals surface area contributed by atoms with Gasteiger partial charge in [0.15, 0.2) is 0 Å². The van der Waals surface area contributed by atoms with Crippen LogP contribution in [0.1, 0.15) is 30.9 Å². The standard InChI is InChI=1S/C29H35N3O4S/c1-22(2)24-7-9-26(10-8-24)32(37(34,35)28-15-5-23(3)6-16-28)21-29(33)31-19-17-30(18-20-31)25-11-13-27(36-4)14-12-25/h5-16,22H,17-21H2,1-4H3. The zero-order valence-electron chi connectivity index (χ0n) is 21.9. The van der Waals surface area contributed by atoms with E-state index in [1.165, 1.54) is 4.31 Å². The smallest absolute Gasteiger partial charge is 0.264 e. The number of nitrogens with zero attached hydrogens (tertiary/aromatic N) is 3. The maximum Gasteiger partial charge on any atom is 0.264 e. The number of benzene rings is 3. The van der Waals surface area contributed by atoms with Gasteiger partial charge in [-0.05, 0) is 66.9 Å². The zero-order valence-corrected chi connectivity index (χ0v) is 22.7. The van der Waals surface area contributed by atoms with Gasteiger partial charge < -0.3 is 14.5 Å². The van der Waals surface area contributed by atoms with E-state index in [2.05, 4.69) is 18.7 Å². The summed E-state index contributed by atoms with van der Waals surface area (Å²) in [5, 5.41) is 0. The molecular weight excluding hydrogens is 486 g/mol. The number of carbonyl (C=O) groups excluding carboxylic acids is 1. The second kappa shape index (κ2) is 11.3. The lowest BCUT2D eigenvalue weighted by atomic mass is 10.0. The Morgan fingerprint density at radius 3 is 2.03 bits per heavy atom. The van der Waals surface area contributed by atoms with Crippen molar-refractivity contribution in [3.05, 3.63) is 83.9 Å². The number of hydrogen-bond acceptors (Lipinski definition) is 5. The van der Waals surface area contributed by atoms with E-state index in [9.17, 15) is 13.2 Å². The first kappa shape index (κ1) is 26.5. The van der Waals surface area contributed by atoms with E-state index in [1.807, 2.05) is 43.3 Å². The largest absolute Gasteiger partial charge is 0.497 e. The van der Waals surface area contributed by atoms with E-state index in [0.29, 0.717) is 37.8 Å². The molecule has 1 fully saturated rings. The molecule has 0 N–H and O–H groups in total. The minimum absolute atomic E-state index is 0.170. The Morgan fingerprint density at radius 2 is 1.49 bits per heavy atom. The summed E-state index contributed by atoms with van der Waals surface area (Å²) in [5.74, 6) is 0.909. The molecule has 0 spiro atoms. The molecule has 1 heterocycles. The number of rotatable bonds is 8. The van der Waals surface area contributed by atoms with Gasteiger partial charge >= 0.3 is 0 Å². The van der Waals surface area contributed by atoms with Crippen molar-refractivity contribution < 1.29 is 17.9 Å². The van der Waals surface area contributed by atoms with Crippen LogP contribution in [-0.2, 0) is 14.8 Å². The summed E-state index contributed by atoms with van der Waals surface area (Å²) in [6.07, 6.45) is 0. The highest BCUT2D eigenvalue weighted by molar-refractivity contribution is 7.92. The third-order valence-electron chi connectivity index (χ3n) is 6.81. The maximum atomic E-state index is 13.7. The fourth-order valence-corrected chi connectivity index (χ4v) is 5.82. The quantitative estimate of drug-likeness (QED) is 0.431. The lowest BCUT2D eigenvalue weighted by Crippen LogP contribution is -2.52. The molecule has 0 saturated carbocycles. The van der Waals surface area contributed by atoms with E-state index >= 15 is 0 Å². The molecule has 1 saturated heterocycles. The Balaban J connectivity index is 1.52. The van der Waals surface area contributed by atoms with E-state index in [1.54, 1.807) is 48.4 Å². The van der Waals surface area contributed by atoms with E-state index in [-0.39, 0.29) is 17.3 Å². The van der Waals surface area contributed by atoms with Crippen LogP contribution in [0.5, 0.6) is 5.75 Å². The van der Waals surface area contributed by atoms with Gasteiger partial charge in [-0.25, -0.2) is 8.42 Å². The molecule has 196 valence electrons. The Hall–Kier alpha value is -3.52. The molecule has 0 aromatic heterocycles. The fraction of sp³-hybridized carbons (Fsp3) is 0.345. The number of amides is 1. The summed E-state index contributed by atoms with van der Waals surface area (Å²) in [6, 6.07) is 22.0. The van der Waals surface area contributed by atoms with E-state index in [0.717, 1.165) is 22.6 Å². The molecule has 0 unspecified atom stereocenters. The third-order valence-corrected chi connectivity index (χ3v) is 8.59. The van der Waals surface area contributed by atoms with Gasteiger partial charge in [0.25, 0.3) is 10.0 Å². The Morgan fingerprint density at radius 1 is 0.892 bits per heavy atom. The molecule has 0 atom stereocenters. The van der Waals surface area contributed by atoms with Gasteiger partial charge in [0.05, 0.1) is 17.7 Å². The number of carbonyl (C=O) groups is 1. The van der Waals surface area contributed by atoms with Gasteiger partial charge in [-0.1, -0.05) is 43.7 Å². The van der Waals surface area contributed by atoms with Crippen LogP contribution >= 0.6 is 0 Å². The van der Waals surface area contributed by atoms with Crippen LogP contribution in [-0.4, -0.2) is 59.1 Å². The first-order valence-corrected chi connectivity index (χ1v) is 14.0. The van der Waals surface area contributed by atoms with Gasteiger partial charge in [-0.15, -0.1) is 0 Å². The molecule has 4 rings (SSSR count). The van der Waals surface area contributed by atoms with Gasteiger partial charge in [0, 0.05) is 31.9 Å². The van der Waals surface area contributed by atoms with E-state index < -0.39 is 10.0 Å². The molecule has 37 heavy (non-hydrogen) atoms. The molecule has 0 radical (unpaired) electrons. The van der Waals surface area contributed by atoms with Gasteiger partial charge in [0.2, 0.25) is 5.91 Å². The summed E-state index contributed by atoms with van der Waals surface area (Å²) in [6.45, 7) is 8.23. The van der Waals surface area contributed by atoms with Crippen LogP contribution in [0.3, 0.4) is 0 Å². The average molecular weight is 522 g/mol. The topological polar surface area (TPSA) is 70.2 Å². The number of ether oxygens (including phenoxy) is 1. The third kappa shape index (κ3) is 6.07. The van der Waals surface area contributed by atoms with Crippen LogP contribution in [0, 0.1) is 6.92 Å². The van der Waals surface area contributed by atoms with Gasteiger partial charge in [0.1, 0.15) is 12.3 Å². The number of methoxy groups -OCH3 is 1. The lowest BCUT2D eigenvalue weighted by molar-refractivity contribution is -0.129. The van der Waals surface area contributed by atoms with Crippen molar-refractivity contribution in [1.82, 2.24) is 4.90 Å². The van der Waals surface area contributed by atoms with Crippen LogP contribution < -0.4 is 13.9 Å². The molecule has 0 bridgehead atoms. The summed E-state index contributed by atoms with van der Waals surface area (Å²) < 4.78 is 33.9. The number of sulfonamides is 1. The molecule has 0 aliphatic carbocycles. The molecule has 8 heteroatoms. The van der Waals surface area contributed by atoms with E-state index in [4.69, 9.17) is 4.74 Å². The SMILES string of the molecule is COc1ccc(N2CCN(C(=O)CN(c3ccc(C(C)C)cc3)S(=O)(=O)c3ccc(C)cc3)CC2)cc1. The van der Waals surface area contributed by atoms with Crippen LogP contribution in [0.4, 0.5) is 11.4 Å². The molecule has 1 amide bonds. The first-order valence-electron chi connectivity index (χ1n) is 12.5. The van der Waals surface area contributed by atoms with Crippen molar-refractivity contribution in [2.45, 2.75) is 31.6 Å². The maximum absolute atomic E-state index is 13.7. The Labute approximate surface area is 220 Å². The average Bonchev–Trinajstić information content (AvgIpc) is 2.92. The Bertz CT molecular complexity index is 1300. The second-order valence-electron chi connectivity index (χ2n) is 9.64. The van der Waals surface area contributed by atoms with Crippen molar-refractivity contribution >= 4 is 27.3 Å². The van der Waals surface area contributed by atoms with Crippen LogP contribution in [0.2, 0.25) is 0 Å². The summed E-state index contributed by atoms with van der Waals surface area (Å²) in [5.41, 5.74) is 3.63. The molecule has 1 aliphatic rings. The number of hydrogen-bond donors (Lipinski definition) is 0. The number of piperazine rings is 1. The number of aryl methyl sites for hydroxylation is 1. The summed E-state index contributed by atoms with van der Waals surface area (Å²) in [4.78, 5) is 17.5. The summed E-state index contributed by atoms with van der Waals surface area (Å²) >= 11 is 0. The van der Waals surface area contributed by atoms with Crippen molar-refractivity contribution in [2.24, 2.45) is 0 Å². The normalized spacial score (nSPS) is 14.1. The molecule has 3 aromatic carbocycles. The molecular formula is C29H35N3O4S. The highest BCUT2D eigenvalue weighted by atomic mass is 32.2.